The van der Waals surface area contributed by atoms with E-state index < -0.39 is 12.5 Å². The van der Waals surface area contributed by atoms with Crippen molar-refractivity contribution in [3.8, 4) is 0 Å². The van der Waals surface area contributed by atoms with Crippen LogP contribution in [0.4, 0.5) is 8.78 Å². The molecule has 68 valence electrons. The summed E-state index contributed by atoms with van der Waals surface area (Å²) in [6, 6.07) is 0. The second-order valence-electron chi connectivity index (χ2n) is 2.62. The zero-order valence-corrected chi connectivity index (χ0v) is 6.83. The van der Waals surface area contributed by atoms with E-state index in [-0.39, 0.29) is 11.3 Å². The maximum atomic E-state index is 12.2. The molecule has 0 fully saturated rings. The highest BCUT2D eigenvalue weighted by Gasteiger charge is 2.19. The average molecular weight is 176 g/mol. The van der Waals surface area contributed by atoms with Crippen LogP contribution in [0.3, 0.4) is 0 Å². The highest BCUT2D eigenvalue weighted by molar-refractivity contribution is 5.20. The van der Waals surface area contributed by atoms with E-state index in [1.165, 1.54) is 24.9 Å². The van der Waals surface area contributed by atoms with Gasteiger partial charge in [0.25, 0.3) is 6.43 Å². The molecule has 5 heteroatoms. The topological polar surface area (TPSA) is 38.0 Å². The third-order valence-electron chi connectivity index (χ3n) is 1.54. The summed E-state index contributed by atoms with van der Waals surface area (Å²) in [5, 5.41) is 12.6. The summed E-state index contributed by atoms with van der Waals surface area (Å²) in [5.74, 6) is 0. The van der Waals surface area contributed by atoms with Gasteiger partial charge in [-0.25, -0.2) is 8.78 Å². The van der Waals surface area contributed by atoms with Crippen LogP contribution in [0.25, 0.3) is 0 Å². The van der Waals surface area contributed by atoms with Gasteiger partial charge in [0.05, 0.1) is 6.10 Å². The third kappa shape index (κ3) is 1.61. The minimum absolute atomic E-state index is 0.188. The number of hydrogen-bond donors (Lipinski definition) is 1. The van der Waals surface area contributed by atoms with Crippen LogP contribution in [-0.2, 0) is 7.05 Å². The van der Waals surface area contributed by atoms with E-state index in [0.717, 1.165) is 0 Å². The van der Waals surface area contributed by atoms with Gasteiger partial charge in [0.1, 0.15) is 5.69 Å². The van der Waals surface area contributed by atoms with Crippen molar-refractivity contribution < 1.29 is 13.9 Å². The van der Waals surface area contributed by atoms with Crippen molar-refractivity contribution in [2.24, 2.45) is 7.05 Å². The first-order chi connectivity index (χ1) is 5.52. The molecule has 0 aromatic carbocycles. The molecule has 0 aliphatic carbocycles. The van der Waals surface area contributed by atoms with Crippen LogP contribution in [0.15, 0.2) is 6.20 Å². The first-order valence-corrected chi connectivity index (χ1v) is 3.52. The second-order valence-corrected chi connectivity index (χ2v) is 2.62. The van der Waals surface area contributed by atoms with Crippen LogP contribution in [0.2, 0.25) is 0 Å². The number of aryl methyl sites for hydroxylation is 1. The maximum Gasteiger partial charge on any atom is 0.282 e. The van der Waals surface area contributed by atoms with E-state index in [2.05, 4.69) is 5.10 Å². The first kappa shape index (κ1) is 9.12. The van der Waals surface area contributed by atoms with E-state index in [1.807, 2.05) is 0 Å². The molecular weight excluding hydrogens is 166 g/mol. The molecule has 0 spiro atoms. The average Bonchev–Trinajstić information content (AvgIpc) is 2.31. The van der Waals surface area contributed by atoms with Gasteiger partial charge in [-0.2, -0.15) is 5.10 Å². The monoisotopic (exact) mass is 176 g/mol. The van der Waals surface area contributed by atoms with Crippen LogP contribution in [0.5, 0.6) is 0 Å². The molecular formula is C7H10F2N2O. The van der Waals surface area contributed by atoms with Crippen LogP contribution in [-0.4, -0.2) is 14.9 Å². The molecule has 1 atom stereocenters. The fourth-order valence-corrected chi connectivity index (χ4v) is 1.02. The molecule has 0 unspecified atom stereocenters. The highest BCUT2D eigenvalue weighted by atomic mass is 19.3. The molecule has 0 bridgehead atoms. The summed E-state index contributed by atoms with van der Waals surface area (Å²) in [6.07, 6.45) is -2.13. The largest absolute Gasteiger partial charge is 0.389 e. The molecule has 0 amide bonds. The fourth-order valence-electron chi connectivity index (χ4n) is 1.02. The number of aliphatic hydroxyl groups is 1. The summed E-state index contributed by atoms with van der Waals surface area (Å²) in [4.78, 5) is 0. The van der Waals surface area contributed by atoms with Gasteiger partial charge >= 0.3 is 0 Å². The summed E-state index contributed by atoms with van der Waals surface area (Å²) in [7, 11) is 1.54. The lowest BCUT2D eigenvalue weighted by Crippen LogP contribution is -1.96. The van der Waals surface area contributed by atoms with Gasteiger partial charge in [-0.1, -0.05) is 0 Å². The van der Waals surface area contributed by atoms with Crippen LogP contribution in [0, 0.1) is 0 Å². The summed E-state index contributed by atoms with van der Waals surface area (Å²) in [6.45, 7) is 1.43. The van der Waals surface area contributed by atoms with E-state index in [9.17, 15) is 8.78 Å². The Morgan fingerprint density at radius 2 is 2.17 bits per heavy atom. The number of alkyl halides is 2. The van der Waals surface area contributed by atoms with Crippen molar-refractivity contribution in [2.75, 3.05) is 0 Å². The third-order valence-corrected chi connectivity index (χ3v) is 1.54. The van der Waals surface area contributed by atoms with Gasteiger partial charge in [0.2, 0.25) is 0 Å². The quantitative estimate of drug-likeness (QED) is 0.739. The molecule has 0 aliphatic rings. The SMILES string of the molecule is C[C@H](O)c1cn(C)nc1C(F)F. The van der Waals surface area contributed by atoms with Crippen LogP contribution < -0.4 is 0 Å². The Hall–Kier alpha value is -0.970. The van der Waals surface area contributed by atoms with Crippen LogP contribution in [0.1, 0.15) is 30.7 Å². The molecule has 0 saturated carbocycles. The number of nitrogens with zero attached hydrogens (tertiary/aromatic N) is 2. The summed E-state index contributed by atoms with van der Waals surface area (Å²) in [5.41, 5.74) is -0.153. The highest BCUT2D eigenvalue weighted by Crippen LogP contribution is 2.25. The Balaban J connectivity index is 3.08. The predicted molar refractivity (Wildman–Crippen MR) is 38.8 cm³/mol. The van der Waals surface area contributed by atoms with Gasteiger partial charge in [-0.15, -0.1) is 0 Å². The molecule has 0 aliphatic heterocycles. The normalized spacial score (nSPS) is 13.8. The van der Waals surface area contributed by atoms with Crippen molar-refractivity contribution in [3.63, 3.8) is 0 Å². The predicted octanol–water partition coefficient (Wildman–Crippen LogP) is 1.41. The molecule has 0 saturated heterocycles. The molecule has 1 N–H and O–H groups in total. The Bertz CT molecular complexity index is 245. The Morgan fingerprint density at radius 3 is 2.50 bits per heavy atom. The minimum atomic E-state index is -2.63. The number of rotatable bonds is 2. The fraction of sp³-hybridized carbons (Fsp3) is 0.571. The van der Waals surface area contributed by atoms with Gasteiger partial charge in [0.15, 0.2) is 0 Å². The summed E-state index contributed by atoms with van der Waals surface area (Å²) < 4.78 is 25.7. The molecule has 1 aromatic heterocycles. The Kier molecular flexibility index (Phi) is 2.42. The Morgan fingerprint density at radius 1 is 1.58 bits per heavy atom. The van der Waals surface area contributed by atoms with Gasteiger partial charge < -0.3 is 5.11 Å². The first-order valence-electron chi connectivity index (χ1n) is 3.52. The number of aliphatic hydroxyl groups excluding tert-OH is 1. The smallest absolute Gasteiger partial charge is 0.282 e. The van der Waals surface area contributed by atoms with Gasteiger partial charge in [-0.05, 0) is 6.92 Å². The van der Waals surface area contributed by atoms with E-state index in [0.29, 0.717) is 0 Å². The summed E-state index contributed by atoms with van der Waals surface area (Å²) >= 11 is 0. The lowest BCUT2D eigenvalue weighted by Gasteiger charge is -2.02. The van der Waals surface area contributed by atoms with Gasteiger partial charge in [-0.3, -0.25) is 4.68 Å². The number of halogens is 2. The number of hydrogen-bond acceptors (Lipinski definition) is 2. The van der Waals surface area contributed by atoms with Crippen molar-refractivity contribution in [1.29, 1.82) is 0 Å². The molecule has 1 rings (SSSR count). The molecule has 3 nitrogen and oxygen atoms in total. The van der Waals surface area contributed by atoms with Crippen molar-refractivity contribution in [3.05, 3.63) is 17.5 Å². The molecule has 12 heavy (non-hydrogen) atoms. The van der Waals surface area contributed by atoms with E-state index in [1.54, 1.807) is 0 Å². The minimum Gasteiger partial charge on any atom is -0.389 e. The Labute approximate surface area is 68.6 Å². The standard InChI is InChI=1S/C7H10F2N2O/c1-4(12)5-3-11(2)10-6(5)7(8)9/h3-4,7,12H,1-2H3/t4-/m0/s1. The zero-order valence-electron chi connectivity index (χ0n) is 6.83. The van der Waals surface area contributed by atoms with Gasteiger partial charge in [0, 0.05) is 18.8 Å². The second kappa shape index (κ2) is 3.18. The van der Waals surface area contributed by atoms with Crippen molar-refractivity contribution in [2.45, 2.75) is 19.5 Å². The number of aromatic nitrogens is 2. The lowest BCUT2D eigenvalue weighted by atomic mass is 10.2. The lowest BCUT2D eigenvalue weighted by molar-refractivity contribution is 0.135. The molecule has 0 radical (unpaired) electrons. The van der Waals surface area contributed by atoms with Crippen molar-refractivity contribution in [1.82, 2.24) is 9.78 Å². The maximum absolute atomic E-state index is 12.2. The van der Waals surface area contributed by atoms with E-state index >= 15 is 0 Å². The molecule has 1 aromatic rings. The van der Waals surface area contributed by atoms with Crippen LogP contribution >= 0.6 is 0 Å². The zero-order chi connectivity index (χ0) is 9.30. The molecule has 1 heterocycles. The van der Waals surface area contributed by atoms with Crippen molar-refractivity contribution >= 4 is 0 Å². The van der Waals surface area contributed by atoms with E-state index in [4.69, 9.17) is 5.11 Å².